The number of likely N-dealkylation sites (tertiary alicyclic amines) is 1. The number of carbonyl (C=O) groups is 2. The van der Waals surface area contributed by atoms with Gasteiger partial charge in [0.15, 0.2) is 0 Å². The van der Waals surface area contributed by atoms with Gasteiger partial charge in [0.1, 0.15) is 5.54 Å². The van der Waals surface area contributed by atoms with Gasteiger partial charge in [0.2, 0.25) is 0 Å². The molecule has 0 aromatic carbocycles. The molecule has 1 aliphatic carbocycles. The van der Waals surface area contributed by atoms with Gasteiger partial charge in [-0.2, -0.15) is 0 Å². The van der Waals surface area contributed by atoms with Crippen molar-refractivity contribution >= 4 is 12.0 Å². The van der Waals surface area contributed by atoms with Crippen molar-refractivity contribution in [3.63, 3.8) is 0 Å². The van der Waals surface area contributed by atoms with E-state index in [0.29, 0.717) is 18.8 Å². The van der Waals surface area contributed by atoms with Gasteiger partial charge in [0.05, 0.1) is 0 Å². The Hall–Kier alpha value is -1.26. The number of hydrogen-bond acceptors (Lipinski definition) is 2. The van der Waals surface area contributed by atoms with Crippen LogP contribution in [0.15, 0.2) is 0 Å². The lowest BCUT2D eigenvalue weighted by Crippen LogP contribution is -2.62. The maximum Gasteiger partial charge on any atom is 0.329 e. The SMILES string of the molecule is CC1CCC(NC(=O)N2[C@H](C)CCC[C@@H]2C)(C(=O)O)CC1. The van der Waals surface area contributed by atoms with Gasteiger partial charge in [0.25, 0.3) is 0 Å². The minimum Gasteiger partial charge on any atom is -0.480 e. The summed E-state index contributed by atoms with van der Waals surface area (Å²) in [6, 6.07) is 0.163. The van der Waals surface area contributed by atoms with Crippen molar-refractivity contribution in [2.45, 2.75) is 83.3 Å². The molecule has 5 heteroatoms. The summed E-state index contributed by atoms with van der Waals surface area (Å²) in [7, 11) is 0. The molecule has 120 valence electrons. The van der Waals surface area contributed by atoms with Crippen molar-refractivity contribution in [2.75, 3.05) is 0 Å². The van der Waals surface area contributed by atoms with Crippen LogP contribution in [0.5, 0.6) is 0 Å². The van der Waals surface area contributed by atoms with Crippen molar-refractivity contribution in [1.29, 1.82) is 0 Å². The molecule has 0 bridgehead atoms. The van der Waals surface area contributed by atoms with Gasteiger partial charge in [-0.25, -0.2) is 9.59 Å². The molecule has 5 nitrogen and oxygen atoms in total. The first kappa shape index (κ1) is 16.1. The summed E-state index contributed by atoms with van der Waals surface area (Å²) < 4.78 is 0. The molecule has 1 heterocycles. The summed E-state index contributed by atoms with van der Waals surface area (Å²) in [5.41, 5.74) is -1.07. The fourth-order valence-electron chi connectivity index (χ4n) is 3.74. The fourth-order valence-corrected chi connectivity index (χ4v) is 3.74. The number of rotatable bonds is 2. The highest BCUT2D eigenvalue weighted by Crippen LogP contribution is 2.33. The molecule has 0 radical (unpaired) electrons. The minimum absolute atomic E-state index is 0.183. The molecule has 2 N–H and O–H groups in total. The zero-order valence-corrected chi connectivity index (χ0v) is 13.4. The Balaban J connectivity index is 2.09. The molecule has 0 spiro atoms. The van der Waals surface area contributed by atoms with E-state index in [4.69, 9.17) is 0 Å². The summed E-state index contributed by atoms with van der Waals surface area (Å²) in [4.78, 5) is 26.2. The number of aliphatic carboxylic acids is 1. The van der Waals surface area contributed by atoms with Gasteiger partial charge in [0, 0.05) is 12.1 Å². The van der Waals surface area contributed by atoms with Crippen molar-refractivity contribution < 1.29 is 14.7 Å². The molecule has 2 fully saturated rings. The van der Waals surface area contributed by atoms with E-state index in [-0.39, 0.29) is 18.1 Å². The summed E-state index contributed by atoms with van der Waals surface area (Å²) in [6.07, 6.45) is 5.91. The number of carboxylic acids is 1. The van der Waals surface area contributed by atoms with Gasteiger partial charge < -0.3 is 15.3 Å². The first-order chi connectivity index (χ1) is 9.85. The van der Waals surface area contributed by atoms with Gasteiger partial charge >= 0.3 is 12.0 Å². The van der Waals surface area contributed by atoms with Crippen LogP contribution in [0.25, 0.3) is 0 Å². The minimum atomic E-state index is -1.07. The summed E-state index contributed by atoms with van der Waals surface area (Å²) in [5.74, 6) is -0.345. The van der Waals surface area contributed by atoms with E-state index >= 15 is 0 Å². The highest BCUT2D eigenvalue weighted by molar-refractivity contribution is 5.86. The summed E-state index contributed by atoms with van der Waals surface area (Å²) in [6.45, 7) is 6.24. The number of carboxylic acid groups (broad SMARTS) is 1. The molecule has 2 aliphatic rings. The van der Waals surface area contributed by atoms with E-state index in [9.17, 15) is 14.7 Å². The quantitative estimate of drug-likeness (QED) is 0.823. The van der Waals surface area contributed by atoms with Crippen LogP contribution in [-0.2, 0) is 4.79 Å². The maximum absolute atomic E-state index is 12.6. The van der Waals surface area contributed by atoms with Crippen LogP contribution in [0.1, 0.15) is 65.7 Å². The number of carbonyl (C=O) groups excluding carboxylic acids is 1. The molecule has 1 saturated carbocycles. The normalized spacial score (nSPS) is 37.1. The highest BCUT2D eigenvalue weighted by Gasteiger charge is 2.44. The van der Waals surface area contributed by atoms with E-state index in [1.54, 1.807) is 0 Å². The predicted octanol–water partition coefficient (Wildman–Crippen LogP) is 2.99. The lowest BCUT2D eigenvalue weighted by molar-refractivity contribution is -0.146. The molecule has 1 saturated heterocycles. The van der Waals surface area contributed by atoms with Gasteiger partial charge in [-0.1, -0.05) is 6.92 Å². The van der Waals surface area contributed by atoms with E-state index in [2.05, 4.69) is 12.2 Å². The van der Waals surface area contributed by atoms with Gasteiger partial charge in [-0.3, -0.25) is 0 Å². The zero-order valence-electron chi connectivity index (χ0n) is 13.4. The second kappa shape index (κ2) is 6.24. The van der Waals surface area contributed by atoms with Crippen LogP contribution in [0.4, 0.5) is 4.79 Å². The number of nitrogens with one attached hydrogen (secondary N) is 1. The molecular weight excluding hydrogens is 268 g/mol. The number of urea groups is 1. The molecular formula is C16H28N2O3. The van der Waals surface area contributed by atoms with E-state index in [1.165, 1.54) is 0 Å². The molecule has 0 unspecified atom stereocenters. The molecule has 2 amide bonds. The molecule has 0 aromatic heterocycles. The fraction of sp³-hybridized carbons (Fsp3) is 0.875. The molecule has 2 atom stereocenters. The Labute approximate surface area is 127 Å². The number of amides is 2. The number of piperidine rings is 1. The second-order valence-electron chi connectivity index (χ2n) is 7.04. The first-order valence-corrected chi connectivity index (χ1v) is 8.19. The first-order valence-electron chi connectivity index (χ1n) is 8.19. The van der Waals surface area contributed by atoms with Crippen LogP contribution in [0, 0.1) is 5.92 Å². The largest absolute Gasteiger partial charge is 0.480 e. The lowest BCUT2D eigenvalue weighted by atomic mass is 9.77. The molecule has 21 heavy (non-hydrogen) atoms. The van der Waals surface area contributed by atoms with Gasteiger partial charge in [-0.15, -0.1) is 0 Å². The Morgan fingerprint density at radius 2 is 1.57 bits per heavy atom. The zero-order chi connectivity index (χ0) is 15.6. The van der Waals surface area contributed by atoms with Crippen LogP contribution >= 0.6 is 0 Å². The van der Waals surface area contributed by atoms with Gasteiger partial charge in [-0.05, 0) is 64.7 Å². The summed E-state index contributed by atoms with van der Waals surface area (Å²) in [5, 5.41) is 12.5. The second-order valence-corrected chi connectivity index (χ2v) is 7.04. The maximum atomic E-state index is 12.6. The standard InChI is InChI=1S/C16H28N2O3/c1-11-7-9-16(10-8-11,14(19)20)17-15(21)18-12(2)5-4-6-13(18)3/h11-13H,4-10H2,1-3H3,(H,17,21)(H,19,20)/t11?,12-,13+,16?. The topological polar surface area (TPSA) is 69.6 Å². The number of nitrogens with zero attached hydrogens (tertiary/aromatic N) is 1. The van der Waals surface area contributed by atoms with Crippen molar-refractivity contribution in [1.82, 2.24) is 10.2 Å². The van der Waals surface area contributed by atoms with Crippen molar-refractivity contribution in [3.05, 3.63) is 0 Å². The van der Waals surface area contributed by atoms with E-state index in [1.807, 2.05) is 18.7 Å². The van der Waals surface area contributed by atoms with E-state index < -0.39 is 11.5 Å². The number of hydrogen-bond donors (Lipinski definition) is 2. The molecule has 0 aromatic rings. The molecule has 1 aliphatic heterocycles. The monoisotopic (exact) mass is 296 g/mol. The average Bonchev–Trinajstić information content (AvgIpc) is 2.41. The van der Waals surface area contributed by atoms with E-state index in [0.717, 1.165) is 32.1 Å². The van der Waals surface area contributed by atoms with Crippen LogP contribution in [0.2, 0.25) is 0 Å². The Bertz CT molecular complexity index is 392. The Morgan fingerprint density at radius 3 is 2.05 bits per heavy atom. The predicted molar refractivity (Wildman–Crippen MR) is 81.1 cm³/mol. The third kappa shape index (κ3) is 3.33. The van der Waals surface area contributed by atoms with Crippen LogP contribution in [0.3, 0.4) is 0 Å². The smallest absolute Gasteiger partial charge is 0.329 e. The Morgan fingerprint density at radius 1 is 1.05 bits per heavy atom. The van der Waals surface area contributed by atoms with Crippen molar-refractivity contribution in [2.24, 2.45) is 5.92 Å². The van der Waals surface area contributed by atoms with Crippen LogP contribution in [-0.4, -0.2) is 39.6 Å². The average molecular weight is 296 g/mol. The lowest BCUT2D eigenvalue weighted by Gasteiger charge is -2.43. The van der Waals surface area contributed by atoms with Crippen LogP contribution < -0.4 is 5.32 Å². The third-order valence-corrected chi connectivity index (χ3v) is 5.31. The highest BCUT2D eigenvalue weighted by atomic mass is 16.4. The van der Waals surface area contributed by atoms with Crippen molar-refractivity contribution in [3.8, 4) is 0 Å². The third-order valence-electron chi connectivity index (χ3n) is 5.31. The molecule has 2 rings (SSSR count). The Kier molecular flexibility index (Phi) is 4.79. The summed E-state index contributed by atoms with van der Waals surface area (Å²) >= 11 is 0.